The van der Waals surface area contributed by atoms with Crippen LogP contribution in [0.2, 0.25) is 0 Å². The predicted octanol–water partition coefficient (Wildman–Crippen LogP) is 5.66. The Morgan fingerprint density at radius 1 is 1.15 bits per heavy atom. The number of hydrogen-bond acceptors (Lipinski definition) is 6. The molecule has 0 spiro atoms. The minimum atomic E-state index is -0.115. The first kappa shape index (κ1) is 23.4. The number of thiocarbonyl (C=S) groups is 1. The molecule has 4 rings (SSSR count). The smallest absolute Gasteiger partial charge is 0.266 e. The Morgan fingerprint density at radius 3 is 2.67 bits per heavy atom. The third-order valence-corrected chi connectivity index (χ3v) is 7.35. The van der Waals surface area contributed by atoms with Crippen molar-refractivity contribution < 1.29 is 9.59 Å². The fourth-order valence-electron chi connectivity index (χ4n) is 3.33. The zero-order valence-electron chi connectivity index (χ0n) is 18.1. The van der Waals surface area contributed by atoms with Gasteiger partial charge in [0.2, 0.25) is 5.91 Å². The van der Waals surface area contributed by atoms with Gasteiger partial charge in [-0.3, -0.25) is 14.5 Å². The van der Waals surface area contributed by atoms with E-state index < -0.39 is 0 Å². The second kappa shape index (κ2) is 10.9. The monoisotopic (exact) mass is 493 g/mol. The summed E-state index contributed by atoms with van der Waals surface area (Å²) in [7, 11) is 0. The molecule has 2 aromatic carbocycles. The van der Waals surface area contributed by atoms with Gasteiger partial charge in [0.1, 0.15) is 4.32 Å². The van der Waals surface area contributed by atoms with Gasteiger partial charge in [0, 0.05) is 30.5 Å². The summed E-state index contributed by atoms with van der Waals surface area (Å²) in [6, 6.07) is 18.1. The van der Waals surface area contributed by atoms with E-state index >= 15 is 0 Å². The Balaban J connectivity index is 1.25. The first-order chi connectivity index (χ1) is 16.0. The third kappa shape index (κ3) is 6.37. The molecule has 1 aliphatic heterocycles. The van der Waals surface area contributed by atoms with Gasteiger partial charge in [-0.1, -0.05) is 84.1 Å². The van der Waals surface area contributed by atoms with E-state index in [1.54, 1.807) is 11.1 Å². The van der Waals surface area contributed by atoms with Crippen LogP contribution in [-0.4, -0.2) is 32.6 Å². The second-order valence-corrected chi connectivity index (χ2v) is 10.5. The lowest BCUT2D eigenvalue weighted by atomic mass is 10.1. The highest BCUT2D eigenvalue weighted by Gasteiger charge is 2.31. The minimum absolute atomic E-state index is 0.100. The maximum absolute atomic E-state index is 12.7. The SMILES string of the molecule is Cc1ccc(C=C2SC(=S)N(CCCC(=O)Nc3ncc(Cc4ccccc4)s3)C2=O)cc1. The van der Waals surface area contributed by atoms with Crippen LogP contribution in [0.1, 0.15) is 34.4 Å². The molecule has 8 heteroatoms. The Bertz CT molecular complexity index is 1190. The molecule has 1 aromatic heterocycles. The Labute approximate surface area is 206 Å². The van der Waals surface area contributed by atoms with E-state index in [9.17, 15) is 9.59 Å². The van der Waals surface area contributed by atoms with E-state index in [4.69, 9.17) is 12.2 Å². The lowest BCUT2D eigenvalue weighted by Gasteiger charge is -2.13. The minimum Gasteiger partial charge on any atom is -0.302 e. The summed E-state index contributed by atoms with van der Waals surface area (Å²) in [6.07, 6.45) is 5.27. The van der Waals surface area contributed by atoms with Crippen LogP contribution in [0.4, 0.5) is 5.13 Å². The van der Waals surface area contributed by atoms with E-state index in [1.807, 2.05) is 55.5 Å². The largest absolute Gasteiger partial charge is 0.302 e. The molecule has 0 radical (unpaired) electrons. The van der Waals surface area contributed by atoms with Gasteiger partial charge in [0.15, 0.2) is 5.13 Å². The van der Waals surface area contributed by atoms with Gasteiger partial charge >= 0.3 is 0 Å². The summed E-state index contributed by atoms with van der Waals surface area (Å²) >= 11 is 8.17. The molecule has 33 heavy (non-hydrogen) atoms. The number of amides is 2. The van der Waals surface area contributed by atoms with Crippen molar-refractivity contribution >= 4 is 62.7 Å². The van der Waals surface area contributed by atoms with Crippen molar-refractivity contribution in [3.8, 4) is 0 Å². The summed E-state index contributed by atoms with van der Waals surface area (Å²) in [6.45, 7) is 2.44. The van der Waals surface area contributed by atoms with Gasteiger partial charge < -0.3 is 5.32 Å². The molecule has 2 heterocycles. The molecule has 1 fully saturated rings. The van der Waals surface area contributed by atoms with Crippen molar-refractivity contribution in [2.24, 2.45) is 0 Å². The van der Waals surface area contributed by atoms with Gasteiger partial charge in [-0.05, 0) is 30.5 Å². The number of benzene rings is 2. The molecule has 1 aliphatic rings. The topological polar surface area (TPSA) is 62.3 Å². The van der Waals surface area contributed by atoms with E-state index in [2.05, 4.69) is 22.4 Å². The number of thioether (sulfide) groups is 1. The number of carbonyl (C=O) groups is 2. The van der Waals surface area contributed by atoms with Crippen molar-refractivity contribution in [1.29, 1.82) is 0 Å². The second-order valence-electron chi connectivity index (χ2n) is 7.69. The predicted molar refractivity (Wildman–Crippen MR) is 140 cm³/mol. The lowest BCUT2D eigenvalue weighted by molar-refractivity contribution is -0.122. The van der Waals surface area contributed by atoms with E-state index in [1.165, 1.54) is 34.2 Å². The van der Waals surface area contributed by atoms with Crippen molar-refractivity contribution in [2.45, 2.75) is 26.2 Å². The van der Waals surface area contributed by atoms with E-state index in [0.717, 1.165) is 16.9 Å². The number of nitrogens with one attached hydrogen (secondary N) is 1. The molecular formula is C25H23N3O2S3. The van der Waals surface area contributed by atoms with Gasteiger partial charge in [-0.25, -0.2) is 4.98 Å². The summed E-state index contributed by atoms with van der Waals surface area (Å²) in [5.41, 5.74) is 3.35. The molecule has 1 saturated heterocycles. The van der Waals surface area contributed by atoms with Crippen LogP contribution in [0.15, 0.2) is 65.7 Å². The fourth-order valence-corrected chi connectivity index (χ4v) is 5.50. The van der Waals surface area contributed by atoms with Crippen molar-refractivity contribution in [2.75, 3.05) is 11.9 Å². The van der Waals surface area contributed by atoms with Gasteiger partial charge in [-0.15, -0.1) is 11.3 Å². The van der Waals surface area contributed by atoms with Crippen LogP contribution >= 0.6 is 35.3 Å². The van der Waals surface area contributed by atoms with E-state index in [0.29, 0.717) is 33.7 Å². The number of thiazole rings is 1. The number of carbonyl (C=O) groups excluding carboxylic acids is 2. The molecular weight excluding hydrogens is 470 g/mol. The Hall–Kier alpha value is -2.81. The van der Waals surface area contributed by atoms with Crippen molar-refractivity contribution in [1.82, 2.24) is 9.88 Å². The zero-order valence-corrected chi connectivity index (χ0v) is 20.6. The molecule has 0 saturated carbocycles. The number of anilines is 1. The normalized spacial score (nSPS) is 14.8. The average Bonchev–Trinajstić information content (AvgIpc) is 3.34. The Morgan fingerprint density at radius 2 is 1.91 bits per heavy atom. The lowest BCUT2D eigenvalue weighted by Crippen LogP contribution is -2.29. The summed E-state index contributed by atoms with van der Waals surface area (Å²) < 4.78 is 0.532. The van der Waals surface area contributed by atoms with Crippen molar-refractivity contribution in [3.05, 3.63) is 87.3 Å². The zero-order chi connectivity index (χ0) is 23.2. The van der Waals surface area contributed by atoms with Crippen LogP contribution < -0.4 is 5.32 Å². The molecule has 3 aromatic rings. The molecule has 1 N–H and O–H groups in total. The summed E-state index contributed by atoms with van der Waals surface area (Å²) in [4.78, 5) is 32.7. The fraction of sp³-hybridized carbons (Fsp3) is 0.200. The van der Waals surface area contributed by atoms with Gasteiger partial charge in [-0.2, -0.15) is 0 Å². The van der Waals surface area contributed by atoms with E-state index in [-0.39, 0.29) is 11.8 Å². The number of nitrogens with zero attached hydrogens (tertiary/aromatic N) is 2. The number of hydrogen-bond donors (Lipinski definition) is 1. The standard InChI is InChI=1S/C25H23N3O2S3/c1-17-9-11-19(12-10-17)15-21-23(30)28(25(31)33-21)13-5-8-22(29)27-24-26-16-20(32-24)14-18-6-3-2-4-7-18/h2-4,6-7,9-12,15-16H,5,8,13-14H2,1H3,(H,26,27,29). The number of rotatable bonds is 8. The highest BCUT2D eigenvalue weighted by atomic mass is 32.2. The van der Waals surface area contributed by atoms with Gasteiger partial charge in [0.05, 0.1) is 4.91 Å². The molecule has 2 amide bonds. The molecule has 0 bridgehead atoms. The van der Waals surface area contributed by atoms with Crippen LogP contribution in [0.3, 0.4) is 0 Å². The van der Waals surface area contributed by atoms with Crippen LogP contribution in [0, 0.1) is 6.92 Å². The first-order valence-electron chi connectivity index (χ1n) is 10.6. The molecule has 168 valence electrons. The molecule has 5 nitrogen and oxygen atoms in total. The molecule has 0 unspecified atom stereocenters. The third-order valence-electron chi connectivity index (χ3n) is 5.06. The highest BCUT2D eigenvalue weighted by Crippen LogP contribution is 2.32. The number of aryl methyl sites for hydroxylation is 1. The Kier molecular flexibility index (Phi) is 7.69. The summed E-state index contributed by atoms with van der Waals surface area (Å²) in [5, 5.41) is 3.45. The maximum Gasteiger partial charge on any atom is 0.266 e. The van der Waals surface area contributed by atoms with Crippen molar-refractivity contribution in [3.63, 3.8) is 0 Å². The van der Waals surface area contributed by atoms with Crippen LogP contribution in [0.5, 0.6) is 0 Å². The highest BCUT2D eigenvalue weighted by molar-refractivity contribution is 8.26. The quantitative estimate of drug-likeness (QED) is 0.324. The van der Waals surface area contributed by atoms with Crippen LogP contribution in [0.25, 0.3) is 6.08 Å². The van der Waals surface area contributed by atoms with Gasteiger partial charge in [0.25, 0.3) is 5.91 Å². The van der Waals surface area contributed by atoms with Crippen LogP contribution in [-0.2, 0) is 16.0 Å². The maximum atomic E-state index is 12.7. The number of aromatic nitrogens is 1. The molecule has 0 atom stereocenters. The average molecular weight is 494 g/mol. The summed E-state index contributed by atoms with van der Waals surface area (Å²) in [5.74, 6) is -0.215. The first-order valence-corrected chi connectivity index (χ1v) is 12.6. The molecule has 0 aliphatic carbocycles.